The van der Waals surface area contributed by atoms with E-state index >= 15 is 0 Å². The van der Waals surface area contributed by atoms with Crippen LogP contribution in [0.25, 0.3) is 0 Å². The van der Waals surface area contributed by atoms with Gasteiger partial charge in [0.1, 0.15) is 11.2 Å². The number of rotatable bonds is 6. The molecule has 0 aromatic heterocycles. The summed E-state index contributed by atoms with van der Waals surface area (Å²) in [6.45, 7) is 2.14. The van der Waals surface area contributed by atoms with Gasteiger partial charge in [-0.05, 0) is 43.0 Å². The summed E-state index contributed by atoms with van der Waals surface area (Å²) in [5.41, 5.74) is 1.23. The van der Waals surface area contributed by atoms with Gasteiger partial charge in [0.2, 0.25) is 11.8 Å². The molecule has 1 fully saturated rings. The van der Waals surface area contributed by atoms with Crippen LogP contribution in [0.3, 0.4) is 0 Å². The minimum Gasteiger partial charge on any atom is -0.351 e. The zero-order chi connectivity index (χ0) is 17.9. The van der Waals surface area contributed by atoms with Gasteiger partial charge in [-0.2, -0.15) is 0 Å². The smallest absolute Gasteiger partial charge is 0.240 e. The maximum atomic E-state index is 13.6. The number of anilines is 1. The molecule has 0 aliphatic heterocycles. The normalized spacial score (nSPS) is 14.6. The van der Waals surface area contributed by atoms with Gasteiger partial charge in [-0.1, -0.05) is 37.3 Å². The fourth-order valence-corrected chi connectivity index (χ4v) is 2.74. The van der Waals surface area contributed by atoms with Crippen LogP contribution >= 0.6 is 0 Å². The van der Waals surface area contributed by atoms with Crippen LogP contribution in [0.5, 0.6) is 0 Å². The van der Waals surface area contributed by atoms with E-state index in [4.69, 9.17) is 0 Å². The fourth-order valence-electron chi connectivity index (χ4n) is 2.74. The minimum atomic E-state index is -1.03. The molecule has 0 radical (unpaired) electrons. The van der Waals surface area contributed by atoms with E-state index in [9.17, 15) is 14.0 Å². The van der Waals surface area contributed by atoms with Crippen LogP contribution in [-0.4, -0.2) is 11.8 Å². The Morgan fingerprint density at radius 1 is 1.04 bits per heavy atom. The van der Waals surface area contributed by atoms with Gasteiger partial charge < -0.3 is 10.6 Å². The highest BCUT2D eigenvalue weighted by Crippen LogP contribution is 2.46. The fraction of sp³-hybridized carbons (Fsp3) is 0.300. The number of hydrogen-bond donors (Lipinski definition) is 2. The lowest BCUT2D eigenvalue weighted by atomic mass is 10.0. The van der Waals surface area contributed by atoms with Crippen LogP contribution in [0.15, 0.2) is 48.5 Å². The topological polar surface area (TPSA) is 58.2 Å². The highest BCUT2D eigenvalue weighted by Gasteiger charge is 2.56. The third-order valence-electron chi connectivity index (χ3n) is 4.64. The number of carbonyl (C=O) groups is 2. The molecule has 1 aliphatic rings. The molecule has 2 aromatic rings. The highest BCUT2D eigenvalue weighted by atomic mass is 19.1. The average Bonchev–Trinajstić information content (AvgIpc) is 3.43. The van der Waals surface area contributed by atoms with E-state index < -0.39 is 5.41 Å². The molecule has 2 aromatic carbocycles. The van der Waals surface area contributed by atoms with Crippen molar-refractivity contribution < 1.29 is 14.0 Å². The molecule has 1 saturated carbocycles. The maximum Gasteiger partial charge on any atom is 0.240 e. The molecule has 3 rings (SSSR count). The predicted molar refractivity (Wildman–Crippen MR) is 94.4 cm³/mol. The minimum absolute atomic E-state index is 0.0751. The molecule has 2 amide bonds. The van der Waals surface area contributed by atoms with Gasteiger partial charge in [-0.25, -0.2) is 4.39 Å². The molecule has 0 spiro atoms. The van der Waals surface area contributed by atoms with Crippen molar-refractivity contribution >= 4 is 17.5 Å². The molecule has 0 bridgehead atoms. The molecule has 5 heteroatoms. The van der Waals surface area contributed by atoms with Crippen molar-refractivity contribution in [1.82, 2.24) is 5.32 Å². The van der Waals surface area contributed by atoms with Crippen LogP contribution in [0, 0.1) is 11.2 Å². The number of aryl methyl sites for hydroxylation is 1. The number of amides is 2. The maximum absolute atomic E-state index is 13.6. The molecule has 4 nitrogen and oxygen atoms in total. The van der Waals surface area contributed by atoms with Gasteiger partial charge in [-0.3, -0.25) is 9.59 Å². The summed E-state index contributed by atoms with van der Waals surface area (Å²) in [4.78, 5) is 25.0. The Morgan fingerprint density at radius 3 is 2.32 bits per heavy atom. The third kappa shape index (κ3) is 3.71. The summed E-state index contributed by atoms with van der Waals surface area (Å²) in [7, 11) is 0. The van der Waals surface area contributed by atoms with E-state index in [1.807, 2.05) is 24.3 Å². The number of carbonyl (C=O) groups excluding carboxylic acids is 2. The average molecular weight is 340 g/mol. The monoisotopic (exact) mass is 340 g/mol. The van der Waals surface area contributed by atoms with E-state index in [0.29, 0.717) is 24.1 Å². The second kappa shape index (κ2) is 7.05. The van der Waals surface area contributed by atoms with Crippen LogP contribution in [0.1, 0.15) is 30.9 Å². The van der Waals surface area contributed by atoms with Gasteiger partial charge >= 0.3 is 0 Å². The van der Waals surface area contributed by atoms with Crippen molar-refractivity contribution in [2.75, 3.05) is 5.32 Å². The Balaban J connectivity index is 1.61. The van der Waals surface area contributed by atoms with Crippen LogP contribution in [0.2, 0.25) is 0 Å². The summed E-state index contributed by atoms with van der Waals surface area (Å²) < 4.78 is 13.6. The SMILES string of the molecule is CCc1ccc(NC(=O)C2(C(=O)NCc3ccccc3F)CC2)cc1. The molecule has 0 unspecified atom stereocenters. The van der Waals surface area contributed by atoms with Crippen molar-refractivity contribution in [1.29, 1.82) is 0 Å². The van der Waals surface area contributed by atoms with Crippen molar-refractivity contribution in [3.63, 3.8) is 0 Å². The quantitative estimate of drug-likeness (QED) is 0.792. The van der Waals surface area contributed by atoms with Crippen molar-refractivity contribution in [3.05, 3.63) is 65.5 Å². The van der Waals surface area contributed by atoms with Gasteiger partial charge in [-0.15, -0.1) is 0 Å². The van der Waals surface area contributed by atoms with Crippen molar-refractivity contribution in [2.45, 2.75) is 32.7 Å². The Hall–Kier alpha value is -2.69. The molecule has 1 aliphatic carbocycles. The van der Waals surface area contributed by atoms with Gasteiger partial charge in [0, 0.05) is 17.8 Å². The molecule has 0 atom stereocenters. The summed E-state index contributed by atoms with van der Waals surface area (Å²) in [5.74, 6) is -1.02. The predicted octanol–water partition coefficient (Wildman–Crippen LogP) is 3.42. The first-order chi connectivity index (χ1) is 12.0. The molecular formula is C20H21FN2O2. The molecule has 0 heterocycles. The summed E-state index contributed by atoms with van der Waals surface area (Å²) >= 11 is 0. The molecule has 0 saturated heterocycles. The zero-order valence-corrected chi connectivity index (χ0v) is 14.1. The number of halogens is 1. The summed E-state index contributed by atoms with van der Waals surface area (Å²) in [6.07, 6.45) is 1.95. The zero-order valence-electron chi connectivity index (χ0n) is 14.1. The van der Waals surface area contributed by atoms with E-state index in [1.165, 1.54) is 11.6 Å². The Bertz CT molecular complexity index is 783. The lowest BCUT2D eigenvalue weighted by Gasteiger charge is -2.16. The first-order valence-electron chi connectivity index (χ1n) is 8.47. The van der Waals surface area contributed by atoms with E-state index in [1.54, 1.807) is 18.2 Å². The van der Waals surface area contributed by atoms with E-state index in [2.05, 4.69) is 17.6 Å². The second-order valence-corrected chi connectivity index (χ2v) is 6.36. The van der Waals surface area contributed by atoms with Crippen molar-refractivity contribution in [2.24, 2.45) is 5.41 Å². The Labute approximate surface area is 146 Å². The number of hydrogen-bond acceptors (Lipinski definition) is 2. The lowest BCUT2D eigenvalue weighted by Crippen LogP contribution is -2.39. The second-order valence-electron chi connectivity index (χ2n) is 6.36. The third-order valence-corrected chi connectivity index (χ3v) is 4.64. The van der Waals surface area contributed by atoms with Gasteiger partial charge in [0.25, 0.3) is 0 Å². The molecule has 25 heavy (non-hydrogen) atoms. The van der Waals surface area contributed by atoms with Crippen LogP contribution in [0.4, 0.5) is 10.1 Å². The Morgan fingerprint density at radius 2 is 1.72 bits per heavy atom. The highest BCUT2D eigenvalue weighted by molar-refractivity contribution is 6.13. The largest absolute Gasteiger partial charge is 0.351 e. The van der Waals surface area contributed by atoms with Crippen molar-refractivity contribution in [3.8, 4) is 0 Å². The summed E-state index contributed by atoms with van der Waals surface area (Å²) in [5, 5.41) is 5.50. The molecule has 2 N–H and O–H groups in total. The molecule has 130 valence electrons. The first kappa shape index (κ1) is 17.1. The first-order valence-corrected chi connectivity index (χ1v) is 8.47. The van der Waals surface area contributed by atoms with Gasteiger partial charge in [0.05, 0.1) is 0 Å². The van der Waals surface area contributed by atoms with Crippen LogP contribution in [-0.2, 0) is 22.6 Å². The van der Waals surface area contributed by atoms with E-state index in [-0.39, 0.29) is 24.2 Å². The Kier molecular flexibility index (Phi) is 4.83. The lowest BCUT2D eigenvalue weighted by molar-refractivity contribution is -0.134. The van der Waals surface area contributed by atoms with Gasteiger partial charge in [0.15, 0.2) is 0 Å². The number of nitrogens with one attached hydrogen (secondary N) is 2. The standard InChI is InChI=1S/C20H21FN2O2/c1-2-14-7-9-16(10-8-14)23-19(25)20(11-12-20)18(24)22-13-15-5-3-4-6-17(15)21/h3-10H,2,11-13H2,1H3,(H,22,24)(H,23,25). The van der Waals surface area contributed by atoms with Crippen LogP contribution < -0.4 is 10.6 Å². The number of benzene rings is 2. The van der Waals surface area contributed by atoms with E-state index in [0.717, 1.165) is 6.42 Å². The molecular weight excluding hydrogens is 319 g/mol. The summed E-state index contributed by atoms with van der Waals surface area (Å²) in [6, 6.07) is 13.9.